The number of hydrogen-bond acceptors (Lipinski definition) is 5. The highest BCUT2D eigenvalue weighted by Gasteiger charge is 2.00. The molecule has 1 aromatic heterocycles. The number of benzene rings is 1. The maximum atomic E-state index is 5.46. The van der Waals surface area contributed by atoms with Crippen molar-refractivity contribution in [2.45, 2.75) is 26.4 Å². The molecule has 2 rings (SSSR count). The molecule has 0 aliphatic heterocycles. The van der Waals surface area contributed by atoms with E-state index in [-0.39, 0.29) is 0 Å². The second kappa shape index (κ2) is 12.8. The van der Waals surface area contributed by atoms with Gasteiger partial charge in [0.05, 0.1) is 26.3 Å². The molecule has 0 aliphatic rings. The third-order valence-electron chi connectivity index (χ3n) is 3.76. The average Bonchev–Trinajstić information content (AvgIpc) is 3.18. The normalized spacial score (nSPS) is 11.6. The molecule has 0 unspecified atom stereocenters. The summed E-state index contributed by atoms with van der Waals surface area (Å²) in [5, 5.41) is 10.8. The van der Waals surface area contributed by atoms with Gasteiger partial charge in [0.15, 0.2) is 5.96 Å². The number of aromatic nitrogens is 3. The van der Waals surface area contributed by atoms with E-state index in [0.717, 1.165) is 31.0 Å². The number of aliphatic imine (C=N–C) groups is 1. The predicted octanol–water partition coefficient (Wildman–Crippen LogP) is 1.43. The van der Waals surface area contributed by atoms with E-state index in [2.05, 4.69) is 56.9 Å². The highest BCUT2D eigenvalue weighted by molar-refractivity contribution is 5.79. The second-order valence-electron chi connectivity index (χ2n) is 5.99. The monoisotopic (exact) mass is 374 g/mol. The average molecular weight is 374 g/mol. The van der Waals surface area contributed by atoms with Crippen molar-refractivity contribution in [3.63, 3.8) is 0 Å². The van der Waals surface area contributed by atoms with Gasteiger partial charge >= 0.3 is 0 Å². The van der Waals surface area contributed by atoms with Crippen molar-refractivity contribution in [1.29, 1.82) is 0 Å². The first-order valence-electron chi connectivity index (χ1n) is 9.31. The van der Waals surface area contributed by atoms with Crippen LogP contribution < -0.4 is 10.6 Å². The fourth-order valence-corrected chi connectivity index (χ4v) is 2.47. The van der Waals surface area contributed by atoms with E-state index in [1.807, 2.05) is 4.68 Å². The lowest BCUT2D eigenvalue weighted by atomic mass is 10.1. The lowest BCUT2D eigenvalue weighted by Crippen LogP contribution is -2.38. The Morgan fingerprint density at radius 2 is 2.07 bits per heavy atom. The number of nitrogens with one attached hydrogen (secondary N) is 2. The van der Waals surface area contributed by atoms with Gasteiger partial charge in [0.2, 0.25) is 0 Å². The molecule has 0 saturated carbocycles. The molecule has 8 nitrogen and oxygen atoms in total. The van der Waals surface area contributed by atoms with Crippen molar-refractivity contribution in [3.8, 4) is 0 Å². The van der Waals surface area contributed by atoms with Crippen LogP contribution in [0.5, 0.6) is 0 Å². The molecule has 0 bridgehead atoms. The zero-order valence-corrected chi connectivity index (χ0v) is 16.2. The van der Waals surface area contributed by atoms with E-state index in [1.165, 1.54) is 5.56 Å². The fourth-order valence-electron chi connectivity index (χ4n) is 2.47. The molecule has 1 heterocycles. The summed E-state index contributed by atoms with van der Waals surface area (Å²) in [6.45, 7) is 6.99. The van der Waals surface area contributed by atoms with Crippen LogP contribution in [0.1, 0.15) is 24.5 Å². The number of ether oxygens (including phenoxy) is 2. The van der Waals surface area contributed by atoms with Gasteiger partial charge in [-0.1, -0.05) is 24.3 Å². The van der Waals surface area contributed by atoms with Crippen LogP contribution in [-0.4, -0.2) is 60.7 Å². The van der Waals surface area contributed by atoms with Crippen molar-refractivity contribution in [3.05, 3.63) is 48.0 Å². The van der Waals surface area contributed by atoms with Crippen LogP contribution in [0.3, 0.4) is 0 Å². The van der Waals surface area contributed by atoms with Gasteiger partial charge in [-0.3, -0.25) is 0 Å². The van der Waals surface area contributed by atoms with Crippen molar-refractivity contribution >= 4 is 5.96 Å². The summed E-state index contributed by atoms with van der Waals surface area (Å²) < 4.78 is 12.2. The van der Waals surface area contributed by atoms with Crippen LogP contribution in [0.15, 0.2) is 41.9 Å². The summed E-state index contributed by atoms with van der Waals surface area (Å²) in [6.07, 6.45) is 4.18. The van der Waals surface area contributed by atoms with Gasteiger partial charge in [-0.2, -0.15) is 5.10 Å². The molecule has 148 valence electrons. The number of nitrogens with zero attached hydrogens (tertiary/aromatic N) is 4. The van der Waals surface area contributed by atoms with Gasteiger partial charge in [-0.25, -0.2) is 14.7 Å². The summed E-state index contributed by atoms with van der Waals surface area (Å²) in [5.74, 6) is 0.816. The lowest BCUT2D eigenvalue weighted by Gasteiger charge is -2.11. The van der Waals surface area contributed by atoms with Gasteiger partial charge in [0, 0.05) is 26.8 Å². The SMILES string of the molecule is CCNC(=NCc1cccc(Cn2cncn2)c1)NCCCOCCOC. The molecule has 0 radical (unpaired) electrons. The summed E-state index contributed by atoms with van der Waals surface area (Å²) in [4.78, 5) is 8.64. The molecule has 0 saturated heterocycles. The Bertz CT molecular complexity index is 660. The predicted molar refractivity (Wildman–Crippen MR) is 106 cm³/mol. The van der Waals surface area contributed by atoms with E-state index >= 15 is 0 Å². The molecule has 2 N–H and O–H groups in total. The molecule has 0 atom stereocenters. The summed E-state index contributed by atoms with van der Waals surface area (Å²) in [7, 11) is 1.67. The smallest absolute Gasteiger partial charge is 0.191 e. The van der Waals surface area contributed by atoms with Gasteiger partial charge in [0.25, 0.3) is 0 Å². The molecule has 0 spiro atoms. The quantitative estimate of drug-likeness (QED) is 0.332. The Labute approximate surface area is 161 Å². The van der Waals surface area contributed by atoms with Crippen LogP contribution in [0.2, 0.25) is 0 Å². The maximum Gasteiger partial charge on any atom is 0.191 e. The van der Waals surface area contributed by atoms with E-state index in [4.69, 9.17) is 9.47 Å². The third-order valence-corrected chi connectivity index (χ3v) is 3.76. The van der Waals surface area contributed by atoms with Crippen LogP contribution in [0.4, 0.5) is 0 Å². The zero-order chi connectivity index (χ0) is 19.2. The lowest BCUT2D eigenvalue weighted by molar-refractivity contribution is 0.0698. The molecule has 27 heavy (non-hydrogen) atoms. The first kappa shape index (κ1) is 20.9. The number of rotatable bonds is 12. The number of guanidine groups is 1. The molecular weight excluding hydrogens is 344 g/mol. The Balaban J connectivity index is 1.79. The number of hydrogen-bond donors (Lipinski definition) is 2. The molecule has 0 amide bonds. The Morgan fingerprint density at radius 3 is 2.85 bits per heavy atom. The minimum absolute atomic E-state index is 0.616. The van der Waals surface area contributed by atoms with Crippen molar-refractivity contribution < 1.29 is 9.47 Å². The minimum Gasteiger partial charge on any atom is -0.382 e. The van der Waals surface area contributed by atoms with E-state index in [1.54, 1.807) is 19.8 Å². The Kier molecular flexibility index (Phi) is 9.91. The molecule has 0 fully saturated rings. The van der Waals surface area contributed by atoms with Crippen LogP contribution in [0, 0.1) is 0 Å². The van der Waals surface area contributed by atoms with Crippen LogP contribution in [0.25, 0.3) is 0 Å². The minimum atomic E-state index is 0.616. The second-order valence-corrected chi connectivity index (χ2v) is 5.99. The van der Waals surface area contributed by atoms with Crippen LogP contribution in [-0.2, 0) is 22.6 Å². The van der Waals surface area contributed by atoms with E-state index in [0.29, 0.717) is 32.9 Å². The number of methoxy groups -OCH3 is 1. The Hall–Kier alpha value is -2.45. The van der Waals surface area contributed by atoms with Crippen LogP contribution >= 0.6 is 0 Å². The summed E-state index contributed by atoms with van der Waals surface area (Å²) in [6, 6.07) is 8.37. The topological polar surface area (TPSA) is 85.6 Å². The zero-order valence-electron chi connectivity index (χ0n) is 16.2. The van der Waals surface area contributed by atoms with Crippen molar-refractivity contribution in [2.24, 2.45) is 4.99 Å². The van der Waals surface area contributed by atoms with Gasteiger partial charge in [0.1, 0.15) is 12.7 Å². The summed E-state index contributed by atoms with van der Waals surface area (Å²) in [5.41, 5.74) is 2.34. The maximum absolute atomic E-state index is 5.46. The molecule has 8 heteroatoms. The van der Waals surface area contributed by atoms with Crippen molar-refractivity contribution in [1.82, 2.24) is 25.4 Å². The first-order chi connectivity index (χ1) is 13.3. The molecule has 0 aliphatic carbocycles. The fraction of sp³-hybridized carbons (Fsp3) is 0.526. The van der Waals surface area contributed by atoms with E-state index in [9.17, 15) is 0 Å². The van der Waals surface area contributed by atoms with E-state index < -0.39 is 0 Å². The molecule has 1 aromatic carbocycles. The largest absolute Gasteiger partial charge is 0.382 e. The highest BCUT2D eigenvalue weighted by Crippen LogP contribution is 2.08. The van der Waals surface area contributed by atoms with Crippen molar-refractivity contribution in [2.75, 3.05) is 40.0 Å². The highest BCUT2D eigenvalue weighted by atomic mass is 16.5. The third kappa shape index (κ3) is 8.65. The molecule has 2 aromatic rings. The Morgan fingerprint density at radius 1 is 1.19 bits per heavy atom. The van der Waals surface area contributed by atoms with Gasteiger partial charge in [-0.15, -0.1) is 0 Å². The summed E-state index contributed by atoms with van der Waals surface area (Å²) >= 11 is 0. The molecular formula is C19H30N6O2. The first-order valence-corrected chi connectivity index (χ1v) is 9.31. The standard InChI is InChI=1S/C19H30N6O2/c1-3-21-19(22-8-5-9-27-11-10-26-2)23-13-17-6-4-7-18(12-17)14-25-16-20-15-24-25/h4,6-7,12,15-16H,3,5,8-11,13-14H2,1-2H3,(H2,21,22,23). The van der Waals surface area contributed by atoms with Gasteiger partial charge < -0.3 is 20.1 Å². The van der Waals surface area contributed by atoms with Gasteiger partial charge in [-0.05, 0) is 24.5 Å².